The first kappa shape index (κ1) is 32.0. The van der Waals surface area contributed by atoms with Crippen LogP contribution in [0.1, 0.15) is 23.6 Å². The van der Waals surface area contributed by atoms with Crippen LogP contribution < -0.4 is 5.73 Å². The highest BCUT2D eigenvalue weighted by molar-refractivity contribution is 6.20. The summed E-state index contributed by atoms with van der Waals surface area (Å²) in [6.07, 6.45) is 9.69. The summed E-state index contributed by atoms with van der Waals surface area (Å²) < 4.78 is 2.44. The maximum absolute atomic E-state index is 6.04. The molecule has 2 nitrogen and oxygen atoms in total. The van der Waals surface area contributed by atoms with Crippen molar-refractivity contribution in [1.29, 1.82) is 0 Å². The Labute approximate surface area is 309 Å². The fourth-order valence-corrected chi connectivity index (χ4v) is 8.18. The topological polar surface area (TPSA) is 30.9 Å². The van der Waals surface area contributed by atoms with Crippen LogP contribution in [0.15, 0.2) is 177 Å². The van der Waals surface area contributed by atoms with Crippen molar-refractivity contribution in [3.63, 3.8) is 0 Å². The second-order valence-corrected chi connectivity index (χ2v) is 13.5. The number of rotatable bonds is 7. The Balaban J connectivity index is 1.26. The fourth-order valence-electron chi connectivity index (χ4n) is 8.18. The van der Waals surface area contributed by atoms with Crippen LogP contribution >= 0.6 is 0 Å². The number of aromatic nitrogens is 1. The van der Waals surface area contributed by atoms with Crippen LogP contribution in [0.2, 0.25) is 0 Å². The average molecular weight is 679 g/mol. The molecule has 1 heterocycles. The third-order valence-corrected chi connectivity index (χ3v) is 10.7. The molecule has 53 heavy (non-hydrogen) atoms. The van der Waals surface area contributed by atoms with E-state index < -0.39 is 0 Å². The van der Waals surface area contributed by atoms with Gasteiger partial charge in [-0.05, 0) is 103 Å². The van der Waals surface area contributed by atoms with Gasteiger partial charge in [0.25, 0.3) is 0 Å². The summed E-state index contributed by atoms with van der Waals surface area (Å²) in [5, 5.41) is 9.67. The number of nitrogens with zero attached hydrogens (tertiary/aromatic N) is 1. The molecule has 0 aliphatic heterocycles. The van der Waals surface area contributed by atoms with Gasteiger partial charge in [-0.3, -0.25) is 0 Å². The first-order valence-electron chi connectivity index (χ1n) is 18.1. The highest BCUT2D eigenvalue weighted by atomic mass is 15.0. The molecule has 9 rings (SSSR count). The van der Waals surface area contributed by atoms with Crippen LogP contribution in [0.3, 0.4) is 0 Å². The van der Waals surface area contributed by atoms with E-state index in [9.17, 15) is 0 Å². The van der Waals surface area contributed by atoms with Crippen LogP contribution in [0.25, 0.3) is 99.8 Å². The second-order valence-electron chi connectivity index (χ2n) is 13.5. The van der Waals surface area contributed by atoms with E-state index >= 15 is 0 Å². The molecule has 0 saturated heterocycles. The minimum Gasteiger partial charge on any atom is -0.404 e. The van der Waals surface area contributed by atoms with Gasteiger partial charge < -0.3 is 10.3 Å². The minimum absolute atomic E-state index is 0.904. The zero-order valence-corrected chi connectivity index (χ0v) is 29.7. The monoisotopic (exact) mass is 678 g/mol. The van der Waals surface area contributed by atoms with E-state index in [0.29, 0.717) is 0 Å². The Hall–Kier alpha value is -6.90. The molecular weight excluding hydrogens is 641 g/mol. The molecule has 252 valence electrons. The Morgan fingerprint density at radius 1 is 0.585 bits per heavy atom. The van der Waals surface area contributed by atoms with Gasteiger partial charge in [-0.2, -0.15) is 0 Å². The summed E-state index contributed by atoms with van der Waals surface area (Å²) in [5.41, 5.74) is 18.5. The van der Waals surface area contributed by atoms with Gasteiger partial charge in [0.15, 0.2) is 0 Å². The summed E-state index contributed by atoms with van der Waals surface area (Å²) in [5.74, 6) is 0. The number of hydrogen-bond acceptors (Lipinski definition) is 1. The Morgan fingerprint density at radius 2 is 1.30 bits per heavy atom. The van der Waals surface area contributed by atoms with Crippen molar-refractivity contribution in [2.24, 2.45) is 5.73 Å². The number of nitrogens with two attached hydrogens (primary N) is 1. The van der Waals surface area contributed by atoms with Crippen molar-refractivity contribution in [3.05, 3.63) is 194 Å². The van der Waals surface area contributed by atoms with Gasteiger partial charge in [-0.25, -0.2) is 0 Å². The first-order chi connectivity index (χ1) is 26.1. The van der Waals surface area contributed by atoms with Gasteiger partial charge in [0.2, 0.25) is 0 Å². The smallest absolute Gasteiger partial charge is 0.0619 e. The zero-order chi connectivity index (χ0) is 36.1. The largest absolute Gasteiger partial charge is 0.404 e. The van der Waals surface area contributed by atoms with Crippen molar-refractivity contribution in [3.8, 4) is 27.9 Å². The third-order valence-electron chi connectivity index (χ3n) is 10.7. The van der Waals surface area contributed by atoms with Gasteiger partial charge >= 0.3 is 0 Å². The van der Waals surface area contributed by atoms with Crippen molar-refractivity contribution in [1.82, 2.24) is 4.57 Å². The normalized spacial score (nSPS) is 12.1. The minimum atomic E-state index is 0.904. The van der Waals surface area contributed by atoms with Gasteiger partial charge in [0, 0.05) is 27.7 Å². The molecule has 0 saturated carbocycles. The molecule has 2 heteroatoms. The highest BCUT2D eigenvalue weighted by Crippen LogP contribution is 2.41. The second kappa shape index (κ2) is 13.0. The van der Waals surface area contributed by atoms with Crippen molar-refractivity contribution < 1.29 is 0 Å². The maximum Gasteiger partial charge on any atom is 0.0619 e. The van der Waals surface area contributed by atoms with E-state index in [1.165, 1.54) is 76.4 Å². The van der Waals surface area contributed by atoms with E-state index in [-0.39, 0.29) is 0 Å². The van der Waals surface area contributed by atoms with E-state index in [4.69, 9.17) is 5.73 Å². The Bertz CT molecular complexity index is 3000. The van der Waals surface area contributed by atoms with Crippen LogP contribution in [0.5, 0.6) is 0 Å². The molecule has 8 aromatic carbocycles. The summed E-state index contributed by atoms with van der Waals surface area (Å²) in [6, 6.07) is 53.1. The van der Waals surface area contributed by atoms with Crippen LogP contribution in [-0.4, -0.2) is 4.57 Å². The number of allylic oxidation sites excluding steroid dienone is 3. The van der Waals surface area contributed by atoms with Crippen molar-refractivity contribution >= 4 is 71.8 Å². The molecule has 0 spiro atoms. The van der Waals surface area contributed by atoms with Gasteiger partial charge in [-0.15, -0.1) is 0 Å². The van der Waals surface area contributed by atoms with E-state index in [0.717, 1.165) is 27.9 Å². The Kier molecular flexibility index (Phi) is 7.87. The molecule has 0 aliphatic rings. The Morgan fingerprint density at radius 3 is 2.11 bits per heavy atom. The molecular formula is C51H38N2. The predicted molar refractivity (Wildman–Crippen MR) is 231 cm³/mol. The molecule has 2 N–H and O–H groups in total. The highest BCUT2D eigenvalue weighted by Gasteiger charge is 2.18. The molecule has 0 bridgehead atoms. The van der Waals surface area contributed by atoms with Crippen LogP contribution in [0, 0.1) is 0 Å². The van der Waals surface area contributed by atoms with E-state index in [1.54, 1.807) is 6.20 Å². The van der Waals surface area contributed by atoms with Crippen LogP contribution in [0.4, 0.5) is 0 Å². The van der Waals surface area contributed by atoms with E-state index in [2.05, 4.69) is 182 Å². The summed E-state index contributed by atoms with van der Waals surface area (Å²) in [4.78, 5) is 0. The molecule has 0 unspecified atom stereocenters. The van der Waals surface area contributed by atoms with E-state index in [1.807, 2.05) is 12.2 Å². The lowest BCUT2D eigenvalue weighted by Crippen LogP contribution is -1.97. The lowest BCUT2D eigenvalue weighted by Gasteiger charge is -2.15. The molecule has 9 aromatic rings. The lowest BCUT2D eigenvalue weighted by atomic mass is 9.89. The standard InChI is InChI=1S/C51H38N2/c1-4-13-41-33(5-2)30-48(45-20-10-9-19-44(41)45)39-17-11-16-36(28-39)37-22-25-43-40(29-37)24-27-47-46-26-23-38(34(6-3)32-52)31-50(46)53(51(43)47)49-21-12-15-35-14-7-8-18-42(35)49/h4-32H,2-3,52H2,1H3/b13-4-,34-32+. The SMILES string of the molecule is C=C/C(=C\N)c1ccc2c3ccc4cc(-c5cccc(-c6cc(C=C)c(/C=C\C)c7ccccc67)c5)ccc4c3n(-c3cccc4ccccc34)c2c1. The van der Waals surface area contributed by atoms with Crippen molar-refractivity contribution in [2.75, 3.05) is 0 Å². The van der Waals surface area contributed by atoms with Gasteiger partial charge in [0.05, 0.1) is 16.7 Å². The van der Waals surface area contributed by atoms with Crippen LogP contribution in [-0.2, 0) is 0 Å². The number of benzene rings is 8. The number of fused-ring (bicyclic) bond motifs is 7. The summed E-state index contributed by atoms with van der Waals surface area (Å²) >= 11 is 0. The lowest BCUT2D eigenvalue weighted by molar-refractivity contribution is 1.20. The fraction of sp³-hybridized carbons (Fsp3) is 0.0196. The maximum atomic E-state index is 6.04. The molecule has 0 atom stereocenters. The summed E-state index contributed by atoms with van der Waals surface area (Å²) in [7, 11) is 0. The molecule has 1 aromatic heterocycles. The summed E-state index contributed by atoms with van der Waals surface area (Å²) in [6.45, 7) is 10.2. The third kappa shape index (κ3) is 5.19. The van der Waals surface area contributed by atoms with Crippen molar-refractivity contribution in [2.45, 2.75) is 6.92 Å². The quantitative estimate of drug-likeness (QED) is 0.167. The molecule has 0 amide bonds. The molecule has 0 radical (unpaired) electrons. The van der Waals surface area contributed by atoms with Gasteiger partial charge in [-0.1, -0.05) is 153 Å². The number of hydrogen-bond donors (Lipinski definition) is 1. The molecule has 0 fully saturated rings. The predicted octanol–water partition coefficient (Wildman–Crippen LogP) is 13.7. The zero-order valence-electron chi connectivity index (χ0n) is 29.7. The first-order valence-corrected chi connectivity index (χ1v) is 18.1. The average Bonchev–Trinajstić information content (AvgIpc) is 3.55. The van der Waals surface area contributed by atoms with Gasteiger partial charge in [0.1, 0.15) is 0 Å². The molecule has 0 aliphatic carbocycles.